The Labute approximate surface area is 109 Å². The van der Waals surface area contributed by atoms with E-state index in [1.54, 1.807) is 6.08 Å². The standard InChI is InChI=1S/C16H21NO/c1-12(2)17(15-9-10-15)16(18)11-8-14-6-4-13(3)5-7-14/h4-8,11-12,15H,9-10H2,1-3H3/b11-8+. The fourth-order valence-corrected chi connectivity index (χ4v) is 2.14. The second-order valence-corrected chi connectivity index (χ2v) is 5.31. The maximum Gasteiger partial charge on any atom is 0.247 e. The Bertz CT molecular complexity index is 439. The van der Waals surface area contributed by atoms with Gasteiger partial charge >= 0.3 is 0 Å². The smallest absolute Gasteiger partial charge is 0.247 e. The molecule has 1 aromatic rings. The predicted octanol–water partition coefficient (Wildman–Crippen LogP) is 3.41. The summed E-state index contributed by atoms with van der Waals surface area (Å²) in [6, 6.07) is 8.95. The van der Waals surface area contributed by atoms with Gasteiger partial charge in [-0.05, 0) is 45.3 Å². The topological polar surface area (TPSA) is 20.3 Å². The van der Waals surface area contributed by atoms with Gasteiger partial charge in [0.1, 0.15) is 0 Å². The lowest BCUT2D eigenvalue weighted by molar-refractivity contribution is -0.128. The Morgan fingerprint density at radius 1 is 1.28 bits per heavy atom. The number of carbonyl (C=O) groups excluding carboxylic acids is 1. The maximum absolute atomic E-state index is 12.1. The minimum absolute atomic E-state index is 0.132. The molecule has 2 nitrogen and oxygen atoms in total. The summed E-state index contributed by atoms with van der Waals surface area (Å²) in [4.78, 5) is 14.1. The van der Waals surface area contributed by atoms with E-state index in [1.165, 1.54) is 5.56 Å². The third-order valence-electron chi connectivity index (χ3n) is 3.25. The van der Waals surface area contributed by atoms with Crippen LogP contribution in [0.4, 0.5) is 0 Å². The Morgan fingerprint density at radius 3 is 2.39 bits per heavy atom. The van der Waals surface area contributed by atoms with E-state index in [2.05, 4.69) is 32.9 Å². The normalized spacial score (nSPS) is 15.3. The van der Waals surface area contributed by atoms with Crippen molar-refractivity contribution in [3.05, 3.63) is 41.5 Å². The summed E-state index contributed by atoms with van der Waals surface area (Å²) in [7, 11) is 0. The molecule has 2 heteroatoms. The average Bonchev–Trinajstić information content (AvgIpc) is 3.12. The molecule has 1 amide bonds. The summed E-state index contributed by atoms with van der Waals surface area (Å²) in [6.07, 6.45) is 5.91. The molecule has 0 aliphatic heterocycles. The molecule has 0 atom stereocenters. The molecule has 1 fully saturated rings. The van der Waals surface area contributed by atoms with E-state index in [-0.39, 0.29) is 11.9 Å². The molecular weight excluding hydrogens is 222 g/mol. The summed E-state index contributed by atoms with van der Waals surface area (Å²) < 4.78 is 0. The van der Waals surface area contributed by atoms with Crippen LogP contribution in [0, 0.1) is 6.92 Å². The van der Waals surface area contributed by atoms with Crippen molar-refractivity contribution in [1.82, 2.24) is 4.90 Å². The Morgan fingerprint density at radius 2 is 1.89 bits per heavy atom. The van der Waals surface area contributed by atoms with Gasteiger partial charge in [0.15, 0.2) is 0 Å². The van der Waals surface area contributed by atoms with E-state index in [0.717, 1.165) is 18.4 Å². The van der Waals surface area contributed by atoms with E-state index in [4.69, 9.17) is 0 Å². The van der Waals surface area contributed by atoms with Crippen LogP contribution in [0.25, 0.3) is 6.08 Å². The van der Waals surface area contributed by atoms with Gasteiger partial charge in [-0.2, -0.15) is 0 Å². The highest BCUT2D eigenvalue weighted by Crippen LogP contribution is 2.28. The molecule has 0 unspecified atom stereocenters. The minimum atomic E-state index is 0.132. The minimum Gasteiger partial charge on any atom is -0.334 e. The molecule has 0 N–H and O–H groups in total. The third-order valence-corrected chi connectivity index (χ3v) is 3.25. The van der Waals surface area contributed by atoms with Crippen molar-refractivity contribution in [1.29, 1.82) is 0 Å². The second kappa shape index (κ2) is 5.38. The number of rotatable bonds is 4. The van der Waals surface area contributed by atoms with Gasteiger partial charge in [0.2, 0.25) is 5.91 Å². The zero-order valence-corrected chi connectivity index (χ0v) is 11.4. The highest BCUT2D eigenvalue weighted by atomic mass is 16.2. The molecule has 2 rings (SSSR count). The van der Waals surface area contributed by atoms with Crippen molar-refractivity contribution in [3.63, 3.8) is 0 Å². The van der Waals surface area contributed by atoms with Crippen LogP contribution in [0.2, 0.25) is 0 Å². The molecule has 96 valence electrons. The molecular formula is C16H21NO. The highest BCUT2D eigenvalue weighted by molar-refractivity contribution is 5.92. The third kappa shape index (κ3) is 3.22. The first kappa shape index (κ1) is 12.9. The molecule has 0 aromatic heterocycles. The van der Waals surface area contributed by atoms with Crippen LogP contribution >= 0.6 is 0 Å². The molecule has 1 aromatic carbocycles. The van der Waals surface area contributed by atoms with Crippen LogP contribution < -0.4 is 0 Å². The van der Waals surface area contributed by atoms with Gasteiger partial charge in [-0.25, -0.2) is 0 Å². The molecule has 1 saturated carbocycles. The quantitative estimate of drug-likeness (QED) is 0.742. The Balaban J connectivity index is 2.03. The lowest BCUT2D eigenvalue weighted by atomic mass is 10.1. The maximum atomic E-state index is 12.1. The van der Waals surface area contributed by atoms with Gasteiger partial charge in [0, 0.05) is 18.2 Å². The SMILES string of the molecule is Cc1ccc(/C=C/C(=O)N(C(C)C)C2CC2)cc1. The van der Waals surface area contributed by atoms with Crippen molar-refractivity contribution in [2.75, 3.05) is 0 Å². The van der Waals surface area contributed by atoms with Crippen molar-refractivity contribution in [3.8, 4) is 0 Å². The summed E-state index contributed by atoms with van der Waals surface area (Å²) in [5.41, 5.74) is 2.31. The van der Waals surface area contributed by atoms with E-state index < -0.39 is 0 Å². The molecule has 1 aliphatic rings. The van der Waals surface area contributed by atoms with Gasteiger partial charge in [-0.1, -0.05) is 29.8 Å². The van der Waals surface area contributed by atoms with Crippen molar-refractivity contribution in [2.45, 2.75) is 45.7 Å². The van der Waals surface area contributed by atoms with Gasteiger partial charge < -0.3 is 4.90 Å². The van der Waals surface area contributed by atoms with E-state index >= 15 is 0 Å². The fourth-order valence-electron chi connectivity index (χ4n) is 2.14. The van der Waals surface area contributed by atoms with Crippen molar-refractivity contribution in [2.24, 2.45) is 0 Å². The fraction of sp³-hybridized carbons (Fsp3) is 0.438. The van der Waals surface area contributed by atoms with E-state index in [9.17, 15) is 4.79 Å². The van der Waals surface area contributed by atoms with Crippen molar-refractivity contribution >= 4 is 12.0 Å². The first-order valence-electron chi connectivity index (χ1n) is 6.65. The first-order valence-corrected chi connectivity index (χ1v) is 6.65. The molecule has 0 saturated heterocycles. The molecule has 0 radical (unpaired) electrons. The summed E-state index contributed by atoms with van der Waals surface area (Å²) >= 11 is 0. The van der Waals surface area contributed by atoms with E-state index in [1.807, 2.05) is 23.1 Å². The Hall–Kier alpha value is -1.57. The predicted molar refractivity (Wildman–Crippen MR) is 75.2 cm³/mol. The van der Waals surface area contributed by atoms with Crippen LogP contribution in [0.15, 0.2) is 30.3 Å². The number of hydrogen-bond acceptors (Lipinski definition) is 1. The first-order chi connectivity index (χ1) is 8.58. The lowest BCUT2D eigenvalue weighted by Crippen LogP contribution is -2.37. The van der Waals surface area contributed by atoms with Crippen LogP contribution in [0.1, 0.15) is 37.8 Å². The van der Waals surface area contributed by atoms with E-state index in [0.29, 0.717) is 6.04 Å². The number of carbonyl (C=O) groups is 1. The number of hydrogen-bond donors (Lipinski definition) is 0. The average molecular weight is 243 g/mol. The second-order valence-electron chi connectivity index (χ2n) is 5.31. The van der Waals surface area contributed by atoms with Gasteiger partial charge in [-0.3, -0.25) is 4.79 Å². The molecule has 0 spiro atoms. The van der Waals surface area contributed by atoms with Crippen LogP contribution in [-0.4, -0.2) is 22.9 Å². The van der Waals surface area contributed by atoms with Crippen LogP contribution in [-0.2, 0) is 4.79 Å². The zero-order valence-electron chi connectivity index (χ0n) is 11.4. The largest absolute Gasteiger partial charge is 0.334 e. The molecule has 0 bridgehead atoms. The van der Waals surface area contributed by atoms with Gasteiger partial charge in [0.25, 0.3) is 0 Å². The van der Waals surface area contributed by atoms with Crippen LogP contribution in [0.5, 0.6) is 0 Å². The molecule has 0 heterocycles. The monoisotopic (exact) mass is 243 g/mol. The molecule has 18 heavy (non-hydrogen) atoms. The Kier molecular flexibility index (Phi) is 3.85. The van der Waals surface area contributed by atoms with Gasteiger partial charge in [-0.15, -0.1) is 0 Å². The van der Waals surface area contributed by atoms with Crippen LogP contribution in [0.3, 0.4) is 0 Å². The zero-order chi connectivity index (χ0) is 13.1. The summed E-state index contributed by atoms with van der Waals surface area (Å²) in [6.45, 7) is 6.22. The van der Waals surface area contributed by atoms with Gasteiger partial charge in [0.05, 0.1) is 0 Å². The summed E-state index contributed by atoms with van der Waals surface area (Å²) in [5, 5.41) is 0. The summed E-state index contributed by atoms with van der Waals surface area (Å²) in [5.74, 6) is 0.132. The highest BCUT2D eigenvalue weighted by Gasteiger charge is 2.32. The number of amides is 1. The number of benzene rings is 1. The molecule has 1 aliphatic carbocycles. The van der Waals surface area contributed by atoms with Crippen molar-refractivity contribution < 1.29 is 4.79 Å². The number of aryl methyl sites for hydroxylation is 1. The number of nitrogens with zero attached hydrogens (tertiary/aromatic N) is 1. The lowest BCUT2D eigenvalue weighted by Gasteiger charge is -2.25.